The summed E-state index contributed by atoms with van der Waals surface area (Å²) in [5.74, 6) is -0.979. The lowest BCUT2D eigenvalue weighted by Gasteiger charge is -2.41. The quantitative estimate of drug-likeness (QED) is 0.410. The highest BCUT2D eigenvalue weighted by atomic mass is 16.4. The molecule has 10 nitrogen and oxygen atoms in total. The minimum atomic E-state index is -1.03. The maximum Gasteiger partial charge on any atom is 0.322 e. The number of likely N-dealkylation sites (N-methyl/N-ethyl adjacent to an activating group) is 2. The van der Waals surface area contributed by atoms with Crippen LogP contribution in [0.15, 0.2) is 0 Å². The van der Waals surface area contributed by atoms with Crippen LogP contribution in [-0.2, 0) is 19.2 Å². The Balaban J connectivity index is 0.000000781. The van der Waals surface area contributed by atoms with Gasteiger partial charge in [-0.3, -0.25) is 29.0 Å². The number of carboxylic acid groups (broad SMARTS) is 1. The predicted molar refractivity (Wildman–Crippen MR) is 150 cm³/mol. The van der Waals surface area contributed by atoms with Gasteiger partial charge in [-0.25, -0.2) is 0 Å². The fourth-order valence-electron chi connectivity index (χ4n) is 5.15. The zero-order valence-electron chi connectivity index (χ0n) is 25.2. The molecule has 2 fully saturated rings. The Morgan fingerprint density at radius 1 is 1.05 bits per heavy atom. The van der Waals surface area contributed by atoms with Crippen LogP contribution in [0.2, 0.25) is 0 Å². The van der Waals surface area contributed by atoms with Crippen LogP contribution in [0.3, 0.4) is 0 Å². The molecule has 0 radical (unpaired) electrons. The van der Waals surface area contributed by atoms with Gasteiger partial charge in [-0.1, -0.05) is 41.0 Å². The van der Waals surface area contributed by atoms with E-state index >= 15 is 0 Å². The summed E-state index contributed by atoms with van der Waals surface area (Å²) in [7, 11) is 3.93. The summed E-state index contributed by atoms with van der Waals surface area (Å²) in [6, 6.07) is 0.0579. The van der Waals surface area contributed by atoms with Crippen molar-refractivity contribution in [3.8, 4) is 0 Å². The molecule has 0 aromatic rings. The number of likely N-dealkylation sites (tertiary alicyclic amines) is 2. The number of carbonyl (C=O) groups excluding carboxylic acids is 3. The number of hydrogen-bond donors (Lipinski definition) is 3. The van der Waals surface area contributed by atoms with Gasteiger partial charge in [0.15, 0.2) is 0 Å². The van der Waals surface area contributed by atoms with Gasteiger partial charge in [0, 0.05) is 32.6 Å². The highest BCUT2D eigenvalue weighted by molar-refractivity contribution is 5.90. The summed E-state index contributed by atoms with van der Waals surface area (Å²) in [5.41, 5.74) is -0.350. The number of piperidine rings is 1. The van der Waals surface area contributed by atoms with Gasteiger partial charge in [-0.2, -0.15) is 0 Å². The lowest BCUT2D eigenvalue weighted by molar-refractivity contribution is -0.142. The average Bonchev–Trinajstić information content (AvgIpc) is 3.22. The van der Waals surface area contributed by atoms with Gasteiger partial charge in [-0.05, 0) is 64.1 Å². The number of nitrogens with zero attached hydrogens (tertiary/aromatic N) is 3. The fourth-order valence-corrected chi connectivity index (χ4v) is 5.15. The fraction of sp³-hybridized carbons (Fsp3) is 0.857. The Kier molecular flexibility index (Phi) is 13.7. The van der Waals surface area contributed by atoms with Gasteiger partial charge in [0.2, 0.25) is 17.7 Å². The van der Waals surface area contributed by atoms with E-state index in [-0.39, 0.29) is 41.8 Å². The Morgan fingerprint density at radius 3 is 2.11 bits per heavy atom. The van der Waals surface area contributed by atoms with E-state index in [0.717, 1.165) is 38.9 Å². The van der Waals surface area contributed by atoms with Crippen molar-refractivity contribution in [1.29, 1.82) is 0 Å². The summed E-state index contributed by atoms with van der Waals surface area (Å²) in [6.45, 7) is 16.7. The van der Waals surface area contributed by atoms with E-state index < -0.39 is 12.0 Å². The van der Waals surface area contributed by atoms with E-state index in [1.54, 1.807) is 0 Å². The number of aliphatic carboxylic acids is 1. The van der Waals surface area contributed by atoms with E-state index in [2.05, 4.69) is 41.2 Å². The van der Waals surface area contributed by atoms with Crippen molar-refractivity contribution in [3.63, 3.8) is 0 Å². The molecule has 220 valence electrons. The van der Waals surface area contributed by atoms with E-state index in [4.69, 9.17) is 5.11 Å². The van der Waals surface area contributed by atoms with Crippen molar-refractivity contribution >= 4 is 23.7 Å². The molecule has 0 bridgehead atoms. The molecular weight excluding hydrogens is 486 g/mol. The van der Waals surface area contributed by atoms with Crippen molar-refractivity contribution in [1.82, 2.24) is 25.3 Å². The molecule has 0 aromatic heterocycles. The van der Waals surface area contributed by atoms with Crippen LogP contribution >= 0.6 is 0 Å². The van der Waals surface area contributed by atoms with Gasteiger partial charge in [0.1, 0.15) is 12.6 Å². The number of amides is 3. The minimum absolute atomic E-state index is 0.00635. The Labute approximate surface area is 229 Å². The molecule has 0 aromatic carbocycles. The topological polar surface area (TPSA) is 122 Å². The maximum absolute atomic E-state index is 13.7. The second kappa shape index (κ2) is 15.4. The molecule has 2 saturated heterocycles. The van der Waals surface area contributed by atoms with Crippen molar-refractivity contribution < 1.29 is 24.3 Å². The normalized spacial score (nSPS) is 22.2. The smallest absolute Gasteiger partial charge is 0.322 e. The zero-order chi connectivity index (χ0) is 29.2. The lowest BCUT2D eigenvalue weighted by atomic mass is 9.84. The summed E-state index contributed by atoms with van der Waals surface area (Å²) >= 11 is 0. The first kappa shape index (κ1) is 33.8. The lowest BCUT2D eigenvalue weighted by Crippen LogP contribution is -2.60. The molecule has 4 atom stereocenters. The molecule has 38 heavy (non-hydrogen) atoms. The molecule has 3 amide bonds. The van der Waals surface area contributed by atoms with Gasteiger partial charge in [0.05, 0.1) is 6.04 Å². The third-order valence-electron chi connectivity index (χ3n) is 7.69. The number of nitrogens with one attached hydrogen (secondary N) is 2. The first-order chi connectivity index (χ1) is 17.6. The molecule has 2 aliphatic rings. The zero-order valence-corrected chi connectivity index (χ0v) is 25.2. The van der Waals surface area contributed by atoms with E-state index in [1.807, 2.05) is 39.8 Å². The summed E-state index contributed by atoms with van der Waals surface area (Å²) in [5, 5.41) is 13.2. The predicted octanol–water partition coefficient (Wildman–Crippen LogP) is 2.18. The highest BCUT2D eigenvalue weighted by Crippen LogP contribution is 2.26. The second-order valence-corrected chi connectivity index (χ2v) is 12.3. The minimum Gasteiger partial charge on any atom is -0.480 e. The molecule has 0 saturated carbocycles. The molecule has 0 spiro atoms. The summed E-state index contributed by atoms with van der Waals surface area (Å²) in [4.78, 5) is 53.0. The molecule has 2 heterocycles. The van der Waals surface area contributed by atoms with E-state index in [9.17, 15) is 19.2 Å². The molecule has 3 N–H and O–H groups in total. The second-order valence-electron chi connectivity index (χ2n) is 12.3. The Bertz CT molecular complexity index is 783. The summed E-state index contributed by atoms with van der Waals surface area (Å²) in [6.07, 6.45) is 5.54. The van der Waals surface area contributed by atoms with Crippen LogP contribution in [0.4, 0.5) is 0 Å². The maximum atomic E-state index is 13.7. The Hall–Kier alpha value is -2.20. The third-order valence-corrected chi connectivity index (χ3v) is 7.69. The Morgan fingerprint density at radius 2 is 1.68 bits per heavy atom. The van der Waals surface area contributed by atoms with Crippen molar-refractivity contribution in [2.45, 2.75) is 105 Å². The first-order valence-electron chi connectivity index (χ1n) is 14.0. The third kappa shape index (κ3) is 10.9. The number of rotatable bonds is 9. The molecule has 2 rings (SSSR count). The van der Waals surface area contributed by atoms with Crippen molar-refractivity contribution in [2.24, 2.45) is 11.3 Å². The van der Waals surface area contributed by atoms with Crippen LogP contribution in [0.5, 0.6) is 0 Å². The van der Waals surface area contributed by atoms with Crippen molar-refractivity contribution in [2.75, 3.05) is 40.3 Å². The van der Waals surface area contributed by atoms with E-state index in [0.29, 0.717) is 12.0 Å². The van der Waals surface area contributed by atoms with Crippen LogP contribution in [0.1, 0.15) is 80.6 Å². The SMILES string of the molecule is CC(=O)NCC(=O)O.CC(C)[C@@H](CN1CCC[C@H]1C)N(C)C(=O)C(NC(=O)C1CCCCN1C)C(C)(C)C. The average molecular weight is 540 g/mol. The van der Waals surface area contributed by atoms with Crippen LogP contribution < -0.4 is 10.6 Å². The molecule has 2 aliphatic heterocycles. The van der Waals surface area contributed by atoms with Crippen LogP contribution in [-0.4, -0.2) is 108 Å². The van der Waals surface area contributed by atoms with Crippen LogP contribution in [0, 0.1) is 11.3 Å². The molecule has 0 aliphatic carbocycles. The van der Waals surface area contributed by atoms with Gasteiger partial charge in [-0.15, -0.1) is 0 Å². The molecular formula is C28H53N5O5. The molecule has 10 heteroatoms. The highest BCUT2D eigenvalue weighted by Gasteiger charge is 2.39. The van der Waals surface area contributed by atoms with Crippen molar-refractivity contribution in [3.05, 3.63) is 0 Å². The first-order valence-corrected chi connectivity index (χ1v) is 14.0. The summed E-state index contributed by atoms with van der Waals surface area (Å²) < 4.78 is 0. The van der Waals surface area contributed by atoms with Gasteiger partial charge in [0.25, 0.3) is 0 Å². The number of hydrogen-bond acceptors (Lipinski definition) is 6. The van der Waals surface area contributed by atoms with Gasteiger partial charge >= 0.3 is 5.97 Å². The standard InChI is InChI=1S/C24H46N4O2.C4H7NO3/c1-17(2)20(16-28-15-11-12-18(28)3)27(8)23(30)21(24(4,5)6)25-22(29)19-13-9-10-14-26(19)7;1-3(6)5-2-4(7)8/h17-21H,9-16H2,1-8H3,(H,25,29);2H2,1H3,(H,5,6)(H,7,8)/t18-,19?,20-,21?;/m1./s1. The molecule has 2 unspecified atom stereocenters. The van der Waals surface area contributed by atoms with Crippen LogP contribution in [0.25, 0.3) is 0 Å². The van der Waals surface area contributed by atoms with Gasteiger partial charge < -0.3 is 20.6 Å². The number of carboxylic acids is 1. The monoisotopic (exact) mass is 539 g/mol. The largest absolute Gasteiger partial charge is 0.480 e. The van der Waals surface area contributed by atoms with E-state index in [1.165, 1.54) is 19.8 Å². The number of carbonyl (C=O) groups is 4.